The fourth-order valence-electron chi connectivity index (χ4n) is 9.62. The van der Waals surface area contributed by atoms with Gasteiger partial charge in [-0.2, -0.15) is 26.0 Å². The molecule has 2 saturated carbocycles. The van der Waals surface area contributed by atoms with Gasteiger partial charge in [0.05, 0.1) is 0 Å². The van der Waals surface area contributed by atoms with Crippen LogP contribution in [0.2, 0.25) is 0 Å². The maximum atomic E-state index is 13.6. The molecule has 0 aliphatic heterocycles. The van der Waals surface area contributed by atoms with Crippen LogP contribution >= 0.6 is 0 Å². The third-order valence-corrected chi connectivity index (χ3v) is 14.1. The van der Waals surface area contributed by atoms with Gasteiger partial charge in [0.1, 0.15) is 0 Å². The van der Waals surface area contributed by atoms with E-state index >= 15 is 0 Å². The first-order valence-corrected chi connectivity index (χ1v) is 22.6. The Balaban J connectivity index is 0.000000267. The van der Waals surface area contributed by atoms with E-state index in [9.17, 15) is 26.0 Å². The number of rotatable bonds is 6. The Morgan fingerprint density at radius 3 is 1.45 bits per heavy atom. The zero-order valence-corrected chi connectivity index (χ0v) is 37.1. The fraction of sp³-hybridized carbons (Fsp3) is 0.423. The number of halogens is 4. The highest BCUT2D eigenvalue weighted by atomic mass is 32.2. The van der Waals surface area contributed by atoms with Crippen molar-refractivity contribution in [1.29, 1.82) is 0 Å². The van der Waals surface area contributed by atoms with Gasteiger partial charge in [-0.25, -0.2) is 0 Å². The van der Waals surface area contributed by atoms with E-state index in [1.807, 2.05) is 0 Å². The first-order valence-electron chi connectivity index (χ1n) is 21.1. The molecule has 8 rings (SSSR count). The molecule has 5 aromatic rings. The summed E-state index contributed by atoms with van der Waals surface area (Å²) in [7, 11) is -6.10. The van der Waals surface area contributed by atoms with Crippen LogP contribution in [0.4, 0.5) is 17.6 Å². The van der Waals surface area contributed by atoms with Gasteiger partial charge in [0.2, 0.25) is 0 Å². The lowest BCUT2D eigenvalue weighted by molar-refractivity contribution is -0.202. The van der Waals surface area contributed by atoms with Gasteiger partial charge in [0.25, 0.3) is 0 Å². The zero-order chi connectivity index (χ0) is 43.8. The minimum atomic E-state index is -6.10. The van der Waals surface area contributed by atoms with Crippen LogP contribution in [-0.2, 0) is 32.8 Å². The van der Waals surface area contributed by atoms with Gasteiger partial charge in [-0.3, -0.25) is 4.55 Å². The first kappa shape index (κ1) is 43.8. The Bertz CT molecular complexity index is 2480. The molecule has 3 aliphatic rings. The number of alkyl halides is 4. The summed E-state index contributed by atoms with van der Waals surface area (Å²) in [6.45, 7) is 20.6. The van der Waals surface area contributed by atoms with E-state index in [2.05, 4.69) is 165 Å². The molecular formula is C52H58F4O3S. The highest BCUT2D eigenvalue weighted by molar-refractivity contribution is 7.87. The number of hydrogen-bond donors (Lipinski definition) is 1. The average Bonchev–Trinajstić information content (AvgIpc) is 3.92. The van der Waals surface area contributed by atoms with Crippen molar-refractivity contribution < 1.29 is 30.5 Å². The summed E-state index contributed by atoms with van der Waals surface area (Å²) in [5.74, 6) is -6.95. The van der Waals surface area contributed by atoms with Crippen molar-refractivity contribution in [1.82, 2.24) is 0 Å². The van der Waals surface area contributed by atoms with Gasteiger partial charge in [-0.05, 0) is 132 Å². The third kappa shape index (κ3) is 8.11. The van der Waals surface area contributed by atoms with Crippen molar-refractivity contribution in [3.05, 3.63) is 131 Å². The molecule has 318 valence electrons. The third-order valence-electron chi connectivity index (χ3n) is 13.2. The van der Waals surface area contributed by atoms with Crippen molar-refractivity contribution in [2.75, 3.05) is 0 Å². The molecule has 3 unspecified atom stereocenters. The molecule has 3 nitrogen and oxygen atoms in total. The molecule has 1 N–H and O–H groups in total. The number of hydrogen-bond acceptors (Lipinski definition) is 2. The smallest absolute Gasteiger partial charge is 0.281 e. The zero-order valence-electron chi connectivity index (χ0n) is 36.3. The normalized spacial score (nSPS) is 19.1. The summed E-state index contributed by atoms with van der Waals surface area (Å²) in [5, 5.41) is -5.41. The Morgan fingerprint density at radius 1 is 0.550 bits per heavy atom. The molecule has 2 fully saturated rings. The second kappa shape index (κ2) is 15.3. The summed E-state index contributed by atoms with van der Waals surface area (Å²) >= 11 is 0. The topological polar surface area (TPSA) is 54.4 Å². The van der Waals surface area contributed by atoms with Gasteiger partial charge in [-0.1, -0.05) is 166 Å². The molecule has 60 heavy (non-hydrogen) atoms. The van der Waals surface area contributed by atoms with Crippen LogP contribution in [0, 0.1) is 17.8 Å². The largest absolute Gasteiger partial charge is 0.431 e. The minimum Gasteiger partial charge on any atom is -0.281 e. The number of fused-ring (bicyclic) bond motifs is 5. The second-order valence-electron chi connectivity index (χ2n) is 20.4. The lowest BCUT2D eigenvalue weighted by atomic mass is 9.79. The van der Waals surface area contributed by atoms with Crippen molar-refractivity contribution in [3.8, 4) is 44.5 Å². The monoisotopic (exact) mass is 838 g/mol. The second-order valence-corrected chi connectivity index (χ2v) is 21.9. The van der Waals surface area contributed by atoms with Crippen molar-refractivity contribution >= 4 is 10.1 Å². The predicted molar refractivity (Wildman–Crippen MR) is 237 cm³/mol. The highest BCUT2D eigenvalue weighted by Crippen LogP contribution is 2.58. The molecule has 0 heterocycles. The van der Waals surface area contributed by atoms with E-state index in [1.165, 1.54) is 72.3 Å². The Kier molecular flexibility index (Phi) is 11.1. The molecule has 0 saturated heterocycles. The van der Waals surface area contributed by atoms with E-state index in [0.717, 1.165) is 12.8 Å². The maximum Gasteiger partial charge on any atom is 0.431 e. The van der Waals surface area contributed by atoms with Crippen LogP contribution in [0.15, 0.2) is 103 Å². The highest BCUT2D eigenvalue weighted by Gasteiger charge is 2.71. The minimum absolute atomic E-state index is 0.0203. The Hall–Kier alpha value is -4.27. The Morgan fingerprint density at radius 2 is 1.02 bits per heavy atom. The molecule has 0 radical (unpaired) electrons. The Labute approximate surface area is 354 Å². The average molecular weight is 839 g/mol. The summed E-state index contributed by atoms with van der Waals surface area (Å²) in [6.07, 6.45) is 2.46. The first-order chi connectivity index (χ1) is 27.8. The summed E-state index contributed by atoms with van der Waals surface area (Å²) in [5.41, 5.74) is 17.8. The fourth-order valence-corrected chi connectivity index (χ4v) is 10.1. The standard InChI is InChI=1S/C43H46.C9H12F4O3S/c1-41(2,3)32-20-14-28(15-21-32)36-27-37-35-13-11-10-12-31(35)26-38(37)40(30-18-24-34(25-19-30)43(7,8)9)39(36)29-16-22-33(23-17-29)42(4,5)6;10-8(11,9(12,13)17(14,15)16)7-4-5-1-2-6(7)3-5/h10-25,27H,26H2,1-9H3;5-7H,1-4H2,(H,14,15,16). The van der Waals surface area contributed by atoms with Gasteiger partial charge in [0.15, 0.2) is 0 Å². The van der Waals surface area contributed by atoms with Crippen LogP contribution in [0.5, 0.6) is 0 Å². The molecule has 2 bridgehead atoms. The summed E-state index contributed by atoms with van der Waals surface area (Å²) in [4.78, 5) is 0. The van der Waals surface area contributed by atoms with E-state index < -0.39 is 33.1 Å². The lowest BCUT2D eigenvalue weighted by Crippen LogP contribution is -2.52. The van der Waals surface area contributed by atoms with Crippen LogP contribution in [0.1, 0.15) is 116 Å². The molecule has 0 amide bonds. The molecule has 5 aromatic carbocycles. The van der Waals surface area contributed by atoms with Crippen LogP contribution in [-0.4, -0.2) is 24.1 Å². The van der Waals surface area contributed by atoms with Gasteiger partial charge in [-0.15, -0.1) is 0 Å². The van der Waals surface area contributed by atoms with E-state index in [1.54, 1.807) is 0 Å². The van der Waals surface area contributed by atoms with E-state index in [4.69, 9.17) is 4.55 Å². The van der Waals surface area contributed by atoms with Crippen LogP contribution in [0.3, 0.4) is 0 Å². The summed E-state index contributed by atoms with van der Waals surface area (Å²) in [6, 6.07) is 39.5. The van der Waals surface area contributed by atoms with Crippen molar-refractivity contribution in [2.45, 2.75) is 122 Å². The summed E-state index contributed by atoms with van der Waals surface area (Å²) < 4.78 is 82.4. The molecule has 3 atom stereocenters. The van der Waals surface area contributed by atoms with Crippen molar-refractivity contribution in [2.24, 2.45) is 17.8 Å². The van der Waals surface area contributed by atoms with Crippen LogP contribution < -0.4 is 0 Å². The molecular weight excluding hydrogens is 781 g/mol. The quantitative estimate of drug-likeness (QED) is 0.134. The number of benzene rings is 5. The predicted octanol–water partition coefficient (Wildman–Crippen LogP) is 14.7. The van der Waals surface area contributed by atoms with E-state index in [0.29, 0.717) is 12.8 Å². The van der Waals surface area contributed by atoms with E-state index in [-0.39, 0.29) is 28.6 Å². The van der Waals surface area contributed by atoms with Crippen molar-refractivity contribution in [3.63, 3.8) is 0 Å². The van der Waals surface area contributed by atoms with Gasteiger partial charge >= 0.3 is 21.3 Å². The van der Waals surface area contributed by atoms with Gasteiger partial charge < -0.3 is 0 Å². The van der Waals surface area contributed by atoms with Gasteiger partial charge in [0, 0.05) is 5.92 Å². The molecule has 8 heteroatoms. The van der Waals surface area contributed by atoms with Crippen LogP contribution in [0.25, 0.3) is 44.5 Å². The molecule has 3 aliphatic carbocycles. The lowest BCUT2D eigenvalue weighted by Gasteiger charge is -2.33. The SMILES string of the molecule is CC(C)(C)c1ccc(-c2cc3c(c(-c4ccc(C(C)(C)C)cc4)c2-c2ccc(C(C)(C)C)cc2)Cc2ccccc2-3)cc1.O=S(=O)(O)C(F)(F)C(F)(F)C1CC2CCC1C2. The molecule has 0 aromatic heterocycles. The maximum absolute atomic E-state index is 13.6. The molecule has 0 spiro atoms.